The summed E-state index contributed by atoms with van der Waals surface area (Å²) in [5.41, 5.74) is 0.648. The van der Waals surface area contributed by atoms with Crippen molar-refractivity contribution >= 4 is 8.07 Å². The molecule has 0 heterocycles. The van der Waals surface area contributed by atoms with Crippen LogP contribution in [0, 0.1) is 0 Å². The summed E-state index contributed by atoms with van der Waals surface area (Å²) < 4.78 is 22.6. The molecule has 0 saturated heterocycles. The van der Waals surface area contributed by atoms with E-state index in [4.69, 9.17) is 4.11 Å². The number of rotatable bonds is 2. The minimum Gasteiger partial charge on any atom is -0.0690 e. The molecule has 0 fully saturated rings. The zero-order valence-electron chi connectivity index (χ0n) is 10.2. The van der Waals surface area contributed by atoms with Crippen LogP contribution in [0.3, 0.4) is 0 Å². The van der Waals surface area contributed by atoms with Gasteiger partial charge in [-0.2, -0.15) is 0 Å². The normalized spacial score (nSPS) is 19.7. The maximum absolute atomic E-state index is 7.54. The molecule has 0 aliphatic carbocycles. The fraction of sp³-hybridized carbons (Fsp3) is 1.00. The summed E-state index contributed by atoms with van der Waals surface area (Å²) in [6.07, 6.45) is 0. The van der Waals surface area contributed by atoms with E-state index in [1.807, 2.05) is 34.2 Å². The highest BCUT2D eigenvalue weighted by Gasteiger charge is 2.28. The highest BCUT2D eigenvalue weighted by atomic mass is 28.3. The van der Waals surface area contributed by atoms with E-state index in [0.717, 1.165) is 0 Å². The molecule has 0 bridgehead atoms. The first-order chi connectivity index (χ1) is 5.14. The van der Waals surface area contributed by atoms with E-state index < -0.39 is 14.5 Å². The minimum absolute atomic E-state index is 0.324. The molecule has 0 aromatic carbocycles. The van der Waals surface area contributed by atoms with Crippen LogP contribution in [0.15, 0.2) is 0 Å². The van der Waals surface area contributed by atoms with Gasteiger partial charge in [-0.1, -0.05) is 51.8 Å². The van der Waals surface area contributed by atoms with Gasteiger partial charge in [-0.3, -0.25) is 0 Å². The molecule has 56 valence electrons. The summed E-state index contributed by atoms with van der Waals surface area (Å²) in [7, 11) is -2.11. The van der Waals surface area contributed by atoms with Crippen LogP contribution >= 0.6 is 0 Å². The topological polar surface area (TPSA) is 0 Å². The molecule has 0 N–H and O–H groups in total. The molecule has 0 unspecified atom stereocenters. The van der Waals surface area contributed by atoms with Crippen molar-refractivity contribution in [1.29, 1.82) is 0 Å². The van der Waals surface area contributed by atoms with E-state index in [1.54, 1.807) is 0 Å². The lowest BCUT2D eigenvalue weighted by atomic mass is 10.5. The van der Waals surface area contributed by atoms with Crippen molar-refractivity contribution in [3.63, 3.8) is 0 Å². The lowest BCUT2D eigenvalue weighted by Crippen LogP contribution is -2.32. The summed E-state index contributed by atoms with van der Waals surface area (Å²) in [4.78, 5) is 0. The molecule has 0 atom stereocenters. The van der Waals surface area contributed by atoms with E-state index in [1.165, 1.54) is 0 Å². The van der Waals surface area contributed by atoms with Crippen molar-refractivity contribution in [2.24, 2.45) is 0 Å². The Balaban J connectivity index is 4.89. The molecule has 0 nitrogen and oxygen atoms in total. The summed E-state index contributed by atoms with van der Waals surface area (Å²) in [5.74, 6) is 0. The van der Waals surface area contributed by atoms with Crippen molar-refractivity contribution in [2.75, 3.05) is 0 Å². The fourth-order valence-electron chi connectivity index (χ4n) is 0.667. The summed E-state index contributed by atoms with van der Waals surface area (Å²) >= 11 is 0. The number of hydrogen-bond acceptors (Lipinski definition) is 0. The Labute approximate surface area is 64.9 Å². The van der Waals surface area contributed by atoms with Gasteiger partial charge in [0.2, 0.25) is 0 Å². The molecule has 0 spiro atoms. The van der Waals surface area contributed by atoms with Gasteiger partial charge in [0.15, 0.2) is 0 Å². The Morgan fingerprint density at radius 3 is 1.44 bits per heavy atom. The Morgan fingerprint density at radius 2 is 1.44 bits per heavy atom. The smallest absolute Gasteiger partial charge is 0.0525 e. The molecule has 0 radical (unpaired) electrons. The summed E-state index contributed by atoms with van der Waals surface area (Å²) in [5, 5.41) is 0. The first-order valence-electron chi connectivity index (χ1n) is 5.14. The molecule has 0 amide bonds. The number of hydrogen-bond donors (Lipinski definition) is 0. The van der Waals surface area contributed by atoms with E-state index in [0.29, 0.717) is 11.1 Å². The monoisotopic (exact) mass is 147 g/mol. The average molecular weight is 147 g/mol. The van der Waals surface area contributed by atoms with Crippen LogP contribution < -0.4 is 0 Å². The van der Waals surface area contributed by atoms with E-state index in [2.05, 4.69) is 0 Å². The van der Waals surface area contributed by atoms with Crippen LogP contribution in [0.5, 0.6) is 0 Å². The SMILES string of the molecule is [2H]C([2H])([2H])[Si](C)(C(C)C)C(C)C. The second kappa shape index (κ2) is 2.87. The van der Waals surface area contributed by atoms with Gasteiger partial charge >= 0.3 is 0 Å². The molecular formula is C8H20Si. The van der Waals surface area contributed by atoms with Crippen LogP contribution in [0.25, 0.3) is 0 Å². The standard InChI is InChI=1S/C8H20Si/c1-7(2)9(5,6)8(3)4/h7-8H,1-6H3/i5D3. The molecule has 9 heavy (non-hydrogen) atoms. The molecule has 0 saturated carbocycles. The fourth-order valence-corrected chi connectivity index (χ4v) is 2.00. The third kappa shape index (κ3) is 2.13. The average Bonchev–Trinajstić information content (AvgIpc) is 1.82. The van der Waals surface area contributed by atoms with Crippen LogP contribution in [-0.4, -0.2) is 8.07 Å². The predicted octanol–water partition coefficient (Wildman–Crippen LogP) is 3.51. The predicted molar refractivity (Wildman–Crippen MR) is 47.7 cm³/mol. The zero-order valence-corrected chi connectivity index (χ0v) is 8.15. The Bertz CT molecular complexity index is 141. The zero-order chi connectivity index (χ0) is 10.2. The van der Waals surface area contributed by atoms with Crippen LogP contribution in [0.1, 0.15) is 31.8 Å². The first kappa shape index (κ1) is 4.95. The van der Waals surface area contributed by atoms with Gasteiger partial charge in [0.1, 0.15) is 0 Å². The van der Waals surface area contributed by atoms with E-state index in [9.17, 15) is 0 Å². The molecule has 1 heteroatoms. The van der Waals surface area contributed by atoms with Gasteiger partial charge in [-0.05, 0) is 0 Å². The minimum atomic E-state index is -2.11. The highest BCUT2D eigenvalue weighted by Crippen LogP contribution is 2.31. The van der Waals surface area contributed by atoms with Gasteiger partial charge in [0, 0.05) is 4.11 Å². The van der Waals surface area contributed by atoms with Gasteiger partial charge in [-0.15, -0.1) is 0 Å². The summed E-state index contributed by atoms with van der Waals surface area (Å²) in [6, 6.07) is 0. The van der Waals surface area contributed by atoms with Gasteiger partial charge in [0.25, 0.3) is 0 Å². The van der Waals surface area contributed by atoms with Crippen LogP contribution in [-0.2, 0) is 0 Å². The third-order valence-electron chi connectivity index (χ3n) is 2.40. The third-order valence-corrected chi connectivity index (χ3v) is 7.20. The molecule has 0 rings (SSSR count). The van der Waals surface area contributed by atoms with Crippen molar-refractivity contribution in [2.45, 2.75) is 51.8 Å². The van der Waals surface area contributed by atoms with Gasteiger partial charge < -0.3 is 0 Å². The molecule has 0 aromatic heterocycles. The van der Waals surface area contributed by atoms with Crippen molar-refractivity contribution in [1.82, 2.24) is 0 Å². The maximum Gasteiger partial charge on any atom is 0.0525 e. The molecular weight excluding hydrogens is 124 g/mol. The highest BCUT2D eigenvalue weighted by molar-refractivity contribution is 6.79. The summed E-state index contributed by atoms with van der Waals surface area (Å²) in [6.45, 7) is 8.44. The second-order valence-corrected chi connectivity index (χ2v) is 8.47. The largest absolute Gasteiger partial charge is 0.0690 e. The molecule has 0 aliphatic heterocycles. The Kier molecular flexibility index (Phi) is 1.58. The van der Waals surface area contributed by atoms with E-state index in [-0.39, 0.29) is 0 Å². The quantitative estimate of drug-likeness (QED) is 0.524. The first-order valence-corrected chi connectivity index (χ1v) is 6.29. The van der Waals surface area contributed by atoms with Crippen LogP contribution in [0.4, 0.5) is 0 Å². The van der Waals surface area contributed by atoms with Crippen molar-refractivity contribution < 1.29 is 4.11 Å². The van der Waals surface area contributed by atoms with Crippen molar-refractivity contribution in [3.05, 3.63) is 0 Å². The van der Waals surface area contributed by atoms with Gasteiger partial charge in [0.05, 0.1) is 8.07 Å². The lowest BCUT2D eigenvalue weighted by molar-refractivity contribution is 0.906. The maximum atomic E-state index is 7.54. The Morgan fingerprint density at radius 1 is 1.11 bits per heavy atom. The van der Waals surface area contributed by atoms with Crippen LogP contribution in [0.2, 0.25) is 24.1 Å². The molecule has 0 aromatic rings. The van der Waals surface area contributed by atoms with Crippen molar-refractivity contribution in [3.8, 4) is 0 Å². The lowest BCUT2D eigenvalue weighted by Gasteiger charge is -2.31. The van der Waals surface area contributed by atoms with E-state index >= 15 is 0 Å². The molecule has 0 aliphatic rings. The van der Waals surface area contributed by atoms with Gasteiger partial charge in [-0.25, -0.2) is 0 Å². The Hall–Kier alpha value is 0.217. The second-order valence-electron chi connectivity index (χ2n) is 3.59.